The van der Waals surface area contributed by atoms with E-state index in [2.05, 4.69) is 9.71 Å². The van der Waals surface area contributed by atoms with E-state index < -0.39 is 50.8 Å². The van der Waals surface area contributed by atoms with Gasteiger partial charge in [-0.05, 0) is 48.4 Å². The summed E-state index contributed by atoms with van der Waals surface area (Å²) in [7, 11) is -3.67. The van der Waals surface area contributed by atoms with Gasteiger partial charge in [-0.3, -0.25) is 4.79 Å². The Kier molecular flexibility index (Phi) is 6.16. The zero-order valence-corrected chi connectivity index (χ0v) is 20.0. The van der Waals surface area contributed by atoms with Gasteiger partial charge >= 0.3 is 0 Å². The monoisotopic (exact) mass is 521 g/mol. The maximum absolute atomic E-state index is 15.7. The van der Waals surface area contributed by atoms with Crippen LogP contribution in [0.15, 0.2) is 53.5 Å². The van der Waals surface area contributed by atoms with Crippen molar-refractivity contribution >= 4 is 15.8 Å². The van der Waals surface area contributed by atoms with Gasteiger partial charge in [0.1, 0.15) is 23.3 Å². The molecule has 5 rings (SSSR count). The summed E-state index contributed by atoms with van der Waals surface area (Å²) in [5.41, 5.74) is -0.673. The molecule has 2 N–H and O–H groups in total. The summed E-state index contributed by atoms with van der Waals surface area (Å²) in [6.45, 7) is 0. The van der Waals surface area contributed by atoms with E-state index in [0.29, 0.717) is 18.9 Å². The SMILES string of the molecule is CS(=O)(=O)NC1CC2CC2N(c2[nH]ccc(=O)c2F)C1Cc1cccc(-c2cc(F)cc(F)c2)c1F. The second-order valence-electron chi connectivity index (χ2n) is 9.42. The molecular formula is C25H23F4N3O3S. The zero-order chi connectivity index (χ0) is 25.8. The Morgan fingerprint density at radius 1 is 1.03 bits per heavy atom. The van der Waals surface area contributed by atoms with Gasteiger partial charge in [0, 0.05) is 36.0 Å². The standard InChI is InChI=1S/C25H23F4N3O3S/c1-36(34,35)31-19-9-15-11-20(15)32(25-24(29)22(33)5-6-30-25)21(19)10-13-3-2-4-18(23(13)28)14-7-16(26)12-17(27)8-14/h2-8,12,15,19-21,31H,9-11H2,1H3,(H,30,33). The lowest BCUT2D eigenvalue weighted by atomic mass is 9.89. The lowest BCUT2D eigenvalue weighted by molar-refractivity contribution is 0.357. The minimum absolute atomic E-state index is 0.0128. The predicted molar refractivity (Wildman–Crippen MR) is 127 cm³/mol. The first kappa shape index (κ1) is 24.5. The van der Waals surface area contributed by atoms with E-state index in [1.165, 1.54) is 24.4 Å². The van der Waals surface area contributed by atoms with Crippen LogP contribution in [0.3, 0.4) is 0 Å². The summed E-state index contributed by atoms with van der Waals surface area (Å²) in [6, 6.07) is 6.61. The van der Waals surface area contributed by atoms with Gasteiger partial charge in [0.05, 0.1) is 12.3 Å². The van der Waals surface area contributed by atoms with Gasteiger partial charge in [-0.15, -0.1) is 0 Å². The molecule has 4 atom stereocenters. The number of benzene rings is 2. The van der Waals surface area contributed by atoms with Gasteiger partial charge in [-0.1, -0.05) is 18.2 Å². The van der Waals surface area contributed by atoms with Crippen molar-refractivity contribution in [2.24, 2.45) is 5.92 Å². The third-order valence-corrected chi connectivity index (χ3v) is 7.54. The van der Waals surface area contributed by atoms with Crippen molar-refractivity contribution in [3.8, 4) is 11.1 Å². The number of H-pyrrole nitrogens is 1. The molecule has 1 saturated heterocycles. The highest BCUT2D eigenvalue weighted by Gasteiger charge is 2.53. The smallest absolute Gasteiger partial charge is 0.219 e. The van der Waals surface area contributed by atoms with Crippen LogP contribution >= 0.6 is 0 Å². The van der Waals surface area contributed by atoms with E-state index in [9.17, 15) is 26.4 Å². The number of hydrogen-bond acceptors (Lipinski definition) is 4. The fourth-order valence-electron chi connectivity index (χ4n) is 5.25. The molecule has 6 nitrogen and oxygen atoms in total. The van der Waals surface area contributed by atoms with Crippen molar-refractivity contribution in [3.63, 3.8) is 0 Å². The van der Waals surface area contributed by atoms with Crippen molar-refractivity contribution in [1.82, 2.24) is 9.71 Å². The molecule has 1 saturated carbocycles. The summed E-state index contributed by atoms with van der Waals surface area (Å²) >= 11 is 0. The molecule has 4 unspecified atom stereocenters. The average Bonchev–Trinajstić information content (AvgIpc) is 3.55. The fourth-order valence-corrected chi connectivity index (χ4v) is 6.06. The number of rotatable bonds is 6. The summed E-state index contributed by atoms with van der Waals surface area (Å²) in [4.78, 5) is 16.4. The van der Waals surface area contributed by atoms with Gasteiger partial charge < -0.3 is 9.88 Å². The molecule has 0 spiro atoms. The van der Waals surface area contributed by atoms with Crippen LogP contribution in [0.4, 0.5) is 23.4 Å². The molecular weight excluding hydrogens is 498 g/mol. The van der Waals surface area contributed by atoms with Crippen molar-refractivity contribution in [1.29, 1.82) is 0 Å². The van der Waals surface area contributed by atoms with Gasteiger partial charge in [-0.25, -0.2) is 26.3 Å². The number of fused-ring (bicyclic) bond motifs is 1. The molecule has 2 aliphatic rings. The van der Waals surface area contributed by atoms with E-state index in [4.69, 9.17) is 0 Å². The molecule has 0 radical (unpaired) electrons. The van der Waals surface area contributed by atoms with Crippen LogP contribution in [0, 0.1) is 29.2 Å². The summed E-state index contributed by atoms with van der Waals surface area (Å²) in [5.74, 6) is -3.43. The second kappa shape index (κ2) is 9.04. The maximum atomic E-state index is 15.7. The van der Waals surface area contributed by atoms with Crippen LogP contribution in [0.25, 0.3) is 11.1 Å². The van der Waals surface area contributed by atoms with Crippen molar-refractivity contribution < 1.29 is 26.0 Å². The number of halogens is 4. The number of nitrogens with zero attached hydrogens (tertiary/aromatic N) is 1. The topological polar surface area (TPSA) is 82.3 Å². The third kappa shape index (κ3) is 4.77. The lowest BCUT2D eigenvalue weighted by Gasteiger charge is -2.42. The van der Waals surface area contributed by atoms with Crippen LogP contribution < -0.4 is 15.1 Å². The van der Waals surface area contributed by atoms with E-state index in [0.717, 1.165) is 24.5 Å². The highest BCUT2D eigenvalue weighted by molar-refractivity contribution is 7.88. The maximum Gasteiger partial charge on any atom is 0.219 e. The molecule has 0 bridgehead atoms. The number of aromatic amines is 1. The summed E-state index contributed by atoms with van der Waals surface area (Å²) < 4.78 is 85.1. The Morgan fingerprint density at radius 3 is 2.44 bits per heavy atom. The van der Waals surface area contributed by atoms with Crippen LogP contribution in [0.1, 0.15) is 18.4 Å². The fraction of sp³-hybridized carbons (Fsp3) is 0.320. The van der Waals surface area contributed by atoms with Crippen molar-refractivity contribution in [2.75, 3.05) is 11.2 Å². The average molecular weight is 522 g/mol. The van der Waals surface area contributed by atoms with Gasteiger partial charge in [-0.2, -0.15) is 4.39 Å². The number of pyridine rings is 1. The number of piperidine rings is 1. The van der Waals surface area contributed by atoms with E-state index >= 15 is 4.39 Å². The molecule has 1 aromatic heterocycles. The number of nitrogens with one attached hydrogen (secondary N) is 2. The molecule has 1 aliphatic heterocycles. The van der Waals surface area contributed by atoms with E-state index in [-0.39, 0.29) is 40.9 Å². The number of sulfonamides is 1. The molecule has 1 aliphatic carbocycles. The molecule has 3 aromatic rings. The Morgan fingerprint density at radius 2 is 1.75 bits per heavy atom. The second-order valence-corrected chi connectivity index (χ2v) is 11.2. The Labute approximate surface area is 205 Å². The largest absolute Gasteiger partial charge is 0.347 e. The number of hydrogen-bond donors (Lipinski definition) is 2. The molecule has 36 heavy (non-hydrogen) atoms. The highest BCUT2D eigenvalue weighted by Crippen LogP contribution is 2.48. The predicted octanol–water partition coefficient (Wildman–Crippen LogP) is 3.73. The van der Waals surface area contributed by atoms with Crippen LogP contribution in [0.5, 0.6) is 0 Å². The molecule has 0 amide bonds. The van der Waals surface area contributed by atoms with Crippen molar-refractivity contribution in [3.05, 3.63) is 87.7 Å². The first-order valence-electron chi connectivity index (χ1n) is 11.4. The lowest BCUT2D eigenvalue weighted by Crippen LogP contribution is -2.57. The quantitative estimate of drug-likeness (QED) is 0.485. The Balaban J connectivity index is 1.58. The van der Waals surface area contributed by atoms with Gasteiger partial charge in [0.25, 0.3) is 0 Å². The number of anilines is 1. The van der Waals surface area contributed by atoms with Gasteiger partial charge in [0.2, 0.25) is 21.3 Å². The Hall–Kier alpha value is -3.18. The van der Waals surface area contributed by atoms with Crippen molar-refractivity contribution in [2.45, 2.75) is 37.4 Å². The highest BCUT2D eigenvalue weighted by atomic mass is 32.2. The third-order valence-electron chi connectivity index (χ3n) is 6.80. The van der Waals surface area contributed by atoms with Gasteiger partial charge in [0.15, 0.2) is 0 Å². The molecule has 11 heteroatoms. The minimum Gasteiger partial charge on any atom is -0.347 e. The van der Waals surface area contributed by atoms with Crippen LogP contribution in [-0.4, -0.2) is 37.8 Å². The zero-order valence-electron chi connectivity index (χ0n) is 19.1. The molecule has 2 aromatic carbocycles. The molecule has 2 heterocycles. The van der Waals surface area contributed by atoms with Crippen LogP contribution in [-0.2, 0) is 16.4 Å². The summed E-state index contributed by atoms with van der Waals surface area (Å²) in [6.07, 6.45) is 3.40. The van der Waals surface area contributed by atoms with Crippen LogP contribution in [0.2, 0.25) is 0 Å². The molecule has 2 fully saturated rings. The van der Waals surface area contributed by atoms with E-state index in [1.54, 1.807) is 4.90 Å². The first-order chi connectivity index (χ1) is 17.0. The molecule has 190 valence electrons. The number of aromatic nitrogens is 1. The normalized spacial score (nSPS) is 23.4. The first-order valence-corrected chi connectivity index (χ1v) is 13.3. The summed E-state index contributed by atoms with van der Waals surface area (Å²) in [5, 5.41) is 0. The van der Waals surface area contributed by atoms with E-state index in [1.807, 2.05) is 0 Å². The Bertz CT molecular complexity index is 1470. The minimum atomic E-state index is -3.67.